The van der Waals surface area contributed by atoms with E-state index in [1.807, 2.05) is 0 Å². The summed E-state index contributed by atoms with van der Waals surface area (Å²) in [6.07, 6.45) is -3.66. The molecular weight excluding hydrogens is 164 g/mol. The van der Waals surface area contributed by atoms with Crippen molar-refractivity contribution in [3.8, 4) is 0 Å². The third-order valence-corrected chi connectivity index (χ3v) is 1.80. The Morgan fingerprint density at radius 1 is 1.33 bits per heavy atom. The zero-order valence-electron chi connectivity index (χ0n) is 6.79. The molecule has 0 fully saturated rings. The van der Waals surface area contributed by atoms with Gasteiger partial charge in [-0.25, -0.2) is 0 Å². The zero-order valence-corrected chi connectivity index (χ0v) is 6.79. The lowest BCUT2D eigenvalue weighted by Crippen LogP contribution is -2.40. The van der Waals surface area contributed by atoms with Gasteiger partial charge in [0.2, 0.25) is 0 Å². The molecule has 0 radical (unpaired) electrons. The Bertz CT molecular complexity index is 138. The summed E-state index contributed by atoms with van der Waals surface area (Å²) in [5.74, 6) is -0.787. The molecule has 72 valence electrons. The van der Waals surface area contributed by atoms with Gasteiger partial charge in [0.1, 0.15) is 18.5 Å². The molecule has 0 bridgehead atoms. The maximum atomic E-state index is 10.1. The average Bonchev–Trinajstić information content (AvgIpc) is 2.12. The summed E-state index contributed by atoms with van der Waals surface area (Å²) in [6.45, 7) is 0.805. The van der Waals surface area contributed by atoms with Gasteiger partial charge in [0, 0.05) is 5.92 Å². The maximum Gasteiger partial charge on any atom is 0.148 e. The van der Waals surface area contributed by atoms with Crippen LogP contribution in [0.15, 0.2) is 0 Å². The molecule has 0 aromatic carbocycles. The largest absolute Gasteiger partial charge is 0.394 e. The van der Waals surface area contributed by atoms with Crippen LogP contribution in [0.5, 0.6) is 0 Å². The highest BCUT2D eigenvalue weighted by Crippen LogP contribution is 2.10. The van der Waals surface area contributed by atoms with Crippen LogP contribution in [0.25, 0.3) is 0 Å². The second-order valence-electron chi connectivity index (χ2n) is 2.73. The molecule has 0 aliphatic rings. The Morgan fingerprint density at radius 3 is 2.17 bits per heavy atom. The van der Waals surface area contributed by atoms with Crippen molar-refractivity contribution < 1.29 is 25.2 Å². The Morgan fingerprint density at radius 2 is 1.83 bits per heavy atom. The normalized spacial score (nSPS) is 21.1. The van der Waals surface area contributed by atoms with E-state index in [2.05, 4.69) is 0 Å². The SMILES string of the molecule is C[C@H]([C@H](O)[C@H](O)CO)[C@@H](O)C=O. The fourth-order valence-electron chi connectivity index (χ4n) is 0.784. The van der Waals surface area contributed by atoms with Gasteiger partial charge in [0.25, 0.3) is 0 Å². The average molecular weight is 178 g/mol. The smallest absolute Gasteiger partial charge is 0.148 e. The number of carbonyl (C=O) groups excluding carboxylic acids is 1. The topological polar surface area (TPSA) is 98.0 Å². The van der Waals surface area contributed by atoms with Crippen LogP contribution in [-0.4, -0.2) is 51.6 Å². The predicted octanol–water partition coefficient (Wildman–Crippen LogP) is -2.10. The molecule has 0 saturated carbocycles. The van der Waals surface area contributed by atoms with Gasteiger partial charge in [-0.15, -0.1) is 0 Å². The number of aliphatic hydroxyl groups excluding tert-OH is 4. The summed E-state index contributed by atoms with van der Waals surface area (Å²) < 4.78 is 0. The van der Waals surface area contributed by atoms with E-state index in [9.17, 15) is 4.79 Å². The molecule has 0 unspecified atom stereocenters. The van der Waals surface area contributed by atoms with Gasteiger partial charge in [-0.05, 0) is 0 Å². The lowest BCUT2D eigenvalue weighted by Gasteiger charge is -2.23. The second-order valence-corrected chi connectivity index (χ2v) is 2.73. The first-order chi connectivity index (χ1) is 5.54. The molecule has 5 nitrogen and oxygen atoms in total. The molecule has 0 amide bonds. The van der Waals surface area contributed by atoms with E-state index in [0.29, 0.717) is 0 Å². The van der Waals surface area contributed by atoms with Crippen LogP contribution in [-0.2, 0) is 4.79 Å². The number of aliphatic hydroxyl groups is 4. The van der Waals surface area contributed by atoms with Crippen molar-refractivity contribution >= 4 is 6.29 Å². The van der Waals surface area contributed by atoms with Gasteiger partial charge in [0.05, 0.1) is 12.7 Å². The number of hydrogen-bond acceptors (Lipinski definition) is 5. The quantitative estimate of drug-likeness (QED) is 0.361. The lowest BCUT2D eigenvalue weighted by atomic mass is 9.95. The molecule has 0 saturated heterocycles. The van der Waals surface area contributed by atoms with Crippen molar-refractivity contribution in [3.05, 3.63) is 0 Å². The van der Waals surface area contributed by atoms with Crippen molar-refractivity contribution in [1.82, 2.24) is 0 Å². The molecule has 0 aliphatic heterocycles. The van der Waals surface area contributed by atoms with Crippen molar-refractivity contribution in [1.29, 1.82) is 0 Å². The lowest BCUT2D eigenvalue weighted by molar-refractivity contribution is -0.123. The van der Waals surface area contributed by atoms with Gasteiger partial charge in [0.15, 0.2) is 0 Å². The summed E-state index contributed by atoms with van der Waals surface area (Å²) in [7, 11) is 0. The molecule has 4 atom stereocenters. The van der Waals surface area contributed by atoms with Crippen LogP contribution in [0.4, 0.5) is 0 Å². The van der Waals surface area contributed by atoms with Crippen LogP contribution in [0.2, 0.25) is 0 Å². The van der Waals surface area contributed by atoms with E-state index in [1.54, 1.807) is 0 Å². The third kappa shape index (κ3) is 2.86. The molecule has 0 aromatic rings. The van der Waals surface area contributed by atoms with E-state index in [1.165, 1.54) is 6.92 Å². The summed E-state index contributed by atoms with van der Waals surface area (Å²) in [5.41, 5.74) is 0. The van der Waals surface area contributed by atoms with E-state index < -0.39 is 30.8 Å². The molecule has 0 rings (SSSR count). The minimum Gasteiger partial charge on any atom is -0.394 e. The Labute approximate surface area is 70.3 Å². The van der Waals surface area contributed by atoms with Crippen LogP contribution >= 0.6 is 0 Å². The van der Waals surface area contributed by atoms with Crippen molar-refractivity contribution in [2.75, 3.05) is 6.61 Å². The first kappa shape index (κ1) is 11.5. The van der Waals surface area contributed by atoms with Gasteiger partial charge in [-0.3, -0.25) is 0 Å². The van der Waals surface area contributed by atoms with Crippen LogP contribution in [0.3, 0.4) is 0 Å². The summed E-state index contributed by atoms with van der Waals surface area (Å²) >= 11 is 0. The minimum atomic E-state index is -1.32. The standard InChI is InChI=1S/C7H14O5/c1-4(5(10)2-8)7(12)6(11)3-9/h2,4-7,9-12H,3H2,1H3/t4-,5-,6+,7-/m0/s1. The Hall–Kier alpha value is -0.490. The summed E-state index contributed by atoms with van der Waals surface area (Å²) in [5, 5.41) is 35.4. The number of carbonyl (C=O) groups is 1. The number of rotatable bonds is 5. The van der Waals surface area contributed by atoms with Gasteiger partial charge < -0.3 is 25.2 Å². The van der Waals surface area contributed by atoms with Crippen LogP contribution in [0, 0.1) is 5.92 Å². The first-order valence-electron chi connectivity index (χ1n) is 3.65. The molecule has 0 aromatic heterocycles. The number of hydrogen-bond donors (Lipinski definition) is 4. The van der Waals surface area contributed by atoms with E-state index in [0.717, 1.165) is 0 Å². The summed E-state index contributed by atoms with van der Waals surface area (Å²) in [6, 6.07) is 0. The monoisotopic (exact) mass is 178 g/mol. The molecule has 0 heterocycles. The highest BCUT2D eigenvalue weighted by atomic mass is 16.4. The van der Waals surface area contributed by atoms with Crippen molar-refractivity contribution in [3.63, 3.8) is 0 Å². The molecule has 4 N–H and O–H groups in total. The van der Waals surface area contributed by atoms with Crippen molar-refractivity contribution in [2.24, 2.45) is 5.92 Å². The predicted molar refractivity (Wildman–Crippen MR) is 40.3 cm³/mol. The van der Waals surface area contributed by atoms with E-state index >= 15 is 0 Å². The highest BCUT2D eigenvalue weighted by Gasteiger charge is 2.27. The molecule has 12 heavy (non-hydrogen) atoms. The molecule has 0 aliphatic carbocycles. The molecule has 5 heteroatoms. The Balaban J connectivity index is 4.07. The first-order valence-corrected chi connectivity index (χ1v) is 3.65. The van der Waals surface area contributed by atoms with Gasteiger partial charge >= 0.3 is 0 Å². The summed E-state index contributed by atoms with van der Waals surface area (Å²) in [4.78, 5) is 10.1. The third-order valence-electron chi connectivity index (χ3n) is 1.80. The molecule has 0 spiro atoms. The van der Waals surface area contributed by atoms with E-state index in [-0.39, 0.29) is 6.29 Å². The molecular formula is C7H14O5. The van der Waals surface area contributed by atoms with E-state index in [4.69, 9.17) is 20.4 Å². The Kier molecular flexibility index (Phi) is 5.00. The zero-order chi connectivity index (χ0) is 9.72. The van der Waals surface area contributed by atoms with Gasteiger partial charge in [-0.1, -0.05) is 6.92 Å². The van der Waals surface area contributed by atoms with Crippen LogP contribution < -0.4 is 0 Å². The maximum absolute atomic E-state index is 10.1. The van der Waals surface area contributed by atoms with Crippen molar-refractivity contribution in [2.45, 2.75) is 25.2 Å². The highest BCUT2D eigenvalue weighted by molar-refractivity contribution is 5.56. The second kappa shape index (κ2) is 5.21. The van der Waals surface area contributed by atoms with Gasteiger partial charge in [-0.2, -0.15) is 0 Å². The van der Waals surface area contributed by atoms with Crippen LogP contribution in [0.1, 0.15) is 6.92 Å². The fraction of sp³-hybridized carbons (Fsp3) is 0.857. The fourth-order valence-corrected chi connectivity index (χ4v) is 0.784. The number of aldehydes is 1. The minimum absolute atomic E-state index is 0.276.